The maximum absolute atomic E-state index is 11.1. The molecule has 1 N–H and O–H groups in total. The number of nitrogens with zero attached hydrogens (tertiary/aromatic N) is 2. The summed E-state index contributed by atoms with van der Waals surface area (Å²) in [6.07, 6.45) is 0.898. The number of aromatic nitrogens is 1. The van der Waals surface area contributed by atoms with Crippen molar-refractivity contribution in [2.45, 2.75) is 13.3 Å². The summed E-state index contributed by atoms with van der Waals surface area (Å²) in [6, 6.07) is 13.4. The lowest BCUT2D eigenvalue weighted by Gasteiger charge is -2.19. The zero-order valence-corrected chi connectivity index (χ0v) is 11.7. The van der Waals surface area contributed by atoms with Crippen molar-refractivity contribution in [1.29, 1.82) is 0 Å². The van der Waals surface area contributed by atoms with Crippen LogP contribution in [0, 0.1) is 6.92 Å². The molecule has 0 spiro atoms. The Kier molecular flexibility index (Phi) is 4.35. The third-order valence-electron chi connectivity index (χ3n) is 3.16. The smallest absolute Gasteiger partial charge is 0.335 e. The van der Waals surface area contributed by atoms with Crippen molar-refractivity contribution < 1.29 is 9.90 Å². The molecule has 0 saturated carbocycles. The van der Waals surface area contributed by atoms with Crippen molar-refractivity contribution in [3.05, 3.63) is 59.3 Å². The van der Waals surface area contributed by atoms with Gasteiger partial charge in [0.05, 0.1) is 5.56 Å². The lowest BCUT2D eigenvalue weighted by Crippen LogP contribution is -2.22. The minimum absolute atomic E-state index is 0.277. The zero-order chi connectivity index (χ0) is 14.5. The molecular weight excluding hydrogens is 252 g/mol. The van der Waals surface area contributed by atoms with E-state index in [0.717, 1.165) is 13.0 Å². The molecule has 2 aromatic rings. The fourth-order valence-electron chi connectivity index (χ4n) is 2.03. The van der Waals surface area contributed by atoms with Crippen LogP contribution in [-0.4, -0.2) is 29.7 Å². The monoisotopic (exact) mass is 270 g/mol. The molecule has 1 heterocycles. The molecule has 0 aliphatic heterocycles. The number of hydrogen-bond donors (Lipinski definition) is 1. The zero-order valence-electron chi connectivity index (χ0n) is 11.7. The number of pyridine rings is 1. The van der Waals surface area contributed by atoms with E-state index in [4.69, 9.17) is 5.11 Å². The fraction of sp³-hybridized carbons (Fsp3) is 0.250. The van der Waals surface area contributed by atoms with Gasteiger partial charge < -0.3 is 10.0 Å². The molecular formula is C16H18N2O2. The Balaban J connectivity index is 2.09. The van der Waals surface area contributed by atoms with Gasteiger partial charge in [0.25, 0.3) is 0 Å². The summed E-state index contributed by atoms with van der Waals surface area (Å²) >= 11 is 0. The molecule has 0 bridgehead atoms. The van der Waals surface area contributed by atoms with Crippen molar-refractivity contribution in [3.8, 4) is 0 Å². The van der Waals surface area contributed by atoms with Crippen LogP contribution in [0.25, 0.3) is 0 Å². The average molecular weight is 270 g/mol. The van der Waals surface area contributed by atoms with E-state index in [-0.39, 0.29) is 5.56 Å². The Morgan fingerprint density at radius 1 is 1.25 bits per heavy atom. The maximum Gasteiger partial charge on any atom is 0.335 e. The number of likely N-dealkylation sites (N-methyl/N-ethyl adjacent to an activating group) is 1. The molecule has 1 aromatic carbocycles. The third-order valence-corrected chi connectivity index (χ3v) is 3.16. The number of aryl methyl sites for hydroxylation is 1. The first-order chi connectivity index (χ1) is 9.56. The first-order valence-electron chi connectivity index (χ1n) is 6.53. The Labute approximate surface area is 118 Å². The van der Waals surface area contributed by atoms with Gasteiger partial charge in [0.1, 0.15) is 5.82 Å². The highest BCUT2D eigenvalue weighted by Crippen LogP contribution is 2.14. The second-order valence-corrected chi connectivity index (χ2v) is 4.82. The second-order valence-electron chi connectivity index (χ2n) is 4.82. The van der Waals surface area contributed by atoms with Gasteiger partial charge in [-0.3, -0.25) is 0 Å². The predicted octanol–water partition coefficient (Wildman–Crippen LogP) is 2.77. The quantitative estimate of drug-likeness (QED) is 0.907. The van der Waals surface area contributed by atoms with Crippen molar-refractivity contribution in [3.63, 3.8) is 0 Å². The molecule has 0 fully saturated rings. The van der Waals surface area contributed by atoms with Crippen LogP contribution < -0.4 is 4.90 Å². The molecule has 20 heavy (non-hydrogen) atoms. The number of aromatic carboxylic acids is 1. The van der Waals surface area contributed by atoms with Gasteiger partial charge in [-0.05, 0) is 31.0 Å². The fourth-order valence-corrected chi connectivity index (χ4v) is 2.03. The van der Waals surface area contributed by atoms with Gasteiger partial charge in [0.15, 0.2) is 0 Å². The molecule has 1 aromatic heterocycles. The highest BCUT2D eigenvalue weighted by Gasteiger charge is 2.09. The Bertz CT molecular complexity index is 597. The third kappa shape index (κ3) is 3.57. The second kappa shape index (κ2) is 6.19. The summed E-state index contributed by atoms with van der Waals surface area (Å²) in [4.78, 5) is 17.4. The van der Waals surface area contributed by atoms with E-state index >= 15 is 0 Å². The Hall–Kier alpha value is -2.36. The van der Waals surface area contributed by atoms with Crippen LogP contribution in [0.4, 0.5) is 5.82 Å². The van der Waals surface area contributed by atoms with Gasteiger partial charge in [0.2, 0.25) is 0 Å². The molecule has 0 aliphatic rings. The lowest BCUT2D eigenvalue weighted by molar-refractivity contribution is 0.0696. The summed E-state index contributed by atoms with van der Waals surface area (Å²) in [5, 5.41) is 9.08. The van der Waals surface area contributed by atoms with Crippen molar-refractivity contribution in [2.75, 3.05) is 18.5 Å². The minimum atomic E-state index is -0.923. The van der Waals surface area contributed by atoms with Crippen LogP contribution in [0.5, 0.6) is 0 Å². The van der Waals surface area contributed by atoms with Crippen LogP contribution >= 0.6 is 0 Å². The van der Waals surface area contributed by atoms with Gasteiger partial charge in [-0.2, -0.15) is 0 Å². The SMILES string of the molecule is Cc1cc(C(=O)O)cc(N(C)CCc2ccccc2)n1. The van der Waals surface area contributed by atoms with E-state index < -0.39 is 5.97 Å². The van der Waals surface area contributed by atoms with E-state index in [0.29, 0.717) is 11.5 Å². The van der Waals surface area contributed by atoms with Gasteiger partial charge >= 0.3 is 5.97 Å². The highest BCUT2D eigenvalue weighted by molar-refractivity contribution is 5.88. The molecule has 0 amide bonds. The van der Waals surface area contributed by atoms with Gasteiger partial charge in [-0.15, -0.1) is 0 Å². The van der Waals surface area contributed by atoms with Crippen LogP contribution in [0.1, 0.15) is 21.6 Å². The van der Waals surface area contributed by atoms with Gasteiger partial charge in [-0.1, -0.05) is 30.3 Å². The molecule has 0 saturated heterocycles. The number of carboxylic acids is 1. The maximum atomic E-state index is 11.1. The van der Waals surface area contributed by atoms with Crippen LogP contribution in [0.3, 0.4) is 0 Å². The highest BCUT2D eigenvalue weighted by atomic mass is 16.4. The van der Waals surface area contributed by atoms with E-state index in [1.54, 1.807) is 19.1 Å². The molecule has 104 valence electrons. The normalized spacial score (nSPS) is 10.3. The Morgan fingerprint density at radius 2 is 1.95 bits per heavy atom. The first-order valence-corrected chi connectivity index (χ1v) is 6.53. The molecule has 2 rings (SSSR count). The molecule has 0 atom stereocenters. The number of rotatable bonds is 5. The van der Waals surface area contributed by atoms with E-state index in [9.17, 15) is 4.79 Å². The van der Waals surface area contributed by atoms with Crippen LogP contribution in [-0.2, 0) is 6.42 Å². The largest absolute Gasteiger partial charge is 0.478 e. The van der Waals surface area contributed by atoms with Crippen LogP contribution in [0.15, 0.2) is 42.5 Å². The standard InChI is InChI=1S/C16H18N2O2/c1-12-10-14(16(19)20)11-15(17-12)18(2)9-8-13-6-4-3-5-7-13/h3-7,10-11H,8-9H2,1-2H3,(H,19,20). The average Bonchev–Trinajstić information content (AvgIpc) is 2.45. The number of hydrogen-bond acceptors (Lipinski definition) is 3. The summed E-state index contributed by atoms with van der Waals surface area (Å²) in [5.41, 5.74) is 2.25. The van der Waals surface area contributed by atoms with Gasteiger partial charge in [-0.25, -0.2) is 9.78 Å². The first kappa shape index (κ1) is 14.1. The van der Waals surface area contributed by atoms with Crippen molar-refractivity contribution in [2.24, 2.45) is 0 Å². The summed E-state index contributed by atoms with van der Waals surface area (Å²) in [7, 11) is 1.93. The van der Waals surface area contributed by atoms with Crippen molar-refractivity contribution >= 4 is 11.8 Å². The van der Waals surface area contributed by atoms with Gasteiger partial charge in [0, 0.05) is 19.3 Å². The topological polar surface area (TPSA) is 53.4 Å². The lowest BCUT2D eigenvalue weighted by atomic mass is 10.1. The summed E-state index contributed by atoms with van der Waals surface area (Å²) in [5.74, 6) is -0.230. The van der Waals surface area contributed by atoms with Crippen molar-refractivity contribution in [1.82, 2.24) is 4.98 Å². The summed E-state index contributed by atoms with van der Waals surface area (Å²) in [6.45, 7) is 2.60. The van der Waals surface area contributed by atoms with Crippen LogP contribution in [0.2, 0.25) is 0 Å². The molecule has 4 heteroatoms. The minimum Gasteiger partial charge on any atom is -0.478 e. The number of carbonyl (C=O) groups is 1. The molecule has 0 unspecified atom stereocenters. The Morgan fingerprint density at radius 3 is 2.60 bits per heavy atom. The van der Waals surface area contributed by atoms with E-state index in [1.807, 2.05) is 30.1 Å². The summed E-state index contributed by atoms with van der Waals surface area (Å²) < 4.78 is 0. The molecule has 4 nitrogen and oxygen atoms in total. The van der Waals surface area contributed by atoms with E-state index in [1.165, 1.54) is 5.56 Å². The van der Waals surface area contributed by atoms with E-state index in [2.05, 4.69) is 17.1 Å². The number of benzene rings is 1. The number of carboxylic acid groups (broad SMARTS) is 1. The predicted molar refractivity (Wildman–Crippen MR) is 79.3 cm³/mol. The molecule has 0 radical (unpaired) electrons. The molecule has 0 aliphatic carbocycles. The number of anilines is 1.